The molecule has 1 unspecified atom stereocenters. The van der Waals surface area contributed by atoms with Crippen molar-refractivity contribution < 1.29 is 12.8 Å². The van der Waals surface area contributed by atoms with Crippen LogP contribution in [0.25, 0.3) is 0 Å². The number of piperidine rings is 1. The predicted molar refractivity (Wildman–Crippen MR) is 79.7 cm³/mol. The summed E-state index contributed by atoms with van der Waals surface area (Å²) in [6.45, 7) is 0.849. The molecule has 1 aliphatic heterocycles. The Morgan fingerprint density at radius 1 is 1.35 bits per heavy atom. The Bertz CT molecular complexity index is 539. The van der Waals surface area contributed by atoms with Crippen LogP contribution in [0.2, 0.25) is 0 Å². The maximum absolute atomic E-state index is 13.1. The van der Waals surface area contributed by atoms with Gasteiger partial charge in [0.05, 0.1) is 5.75 Å². The number of sulfonamides is 1. The summed E-state index contributed by atoms with van der Waals surface area (Å²) in [6.07, 6.45) is 2.67. The Morgan fingerprint density at radius 3 is 2.75 bits per heavy atom. The van der Waals surface area contributed by atoms with Gasteiger partial charge >= 0.3 is 0 Å². The zero-order chi connectivity index (χ0) is 13.9. The smallest absolute Gasteiger partial charge is 0.218 e. The Kier molecular flexibility index (Phi) is 6.39. The van der Waals surface area contributed by atoms with Crippen LogP contribution in [0.1, 0.15) is 24.8 Å². The molecule has 0 aromatic heterocycles. The van der Waals surface area contributed by atoms with Gasteiger partial charge in [0.15, 0.2) is 0 Å². The van der Waals surface area contributed by atoms with Crippen LogP contribution in [0.3, 0.4) is 0 Å². The van der Waals surface area contributed by atoms with Crippen molar-refractivity contribution in [2.75, 3.05) is 13.1 Å². The molecule has 0 radical (unpaired) electrons. The summed E-state index contributed by atoms with van der Waals surface area (Å²) in [6, 6.07) is 5.60. The normalized spacial score (nSPS) is 20.4. The minimum Gasteiger partial charge on any atom is -0.329 e. The molecule has 20 heavy (non-hydrogen) atoms. The molecule has 0 spiro atoms. The molecular formula is C13H20ClFN2O2S. The molecule has 1 aromatic rings. The lowest BCUT2D eigenvalue weighted by Crippen LogP contribution is -2.47. The third-order valence-electron chi connectivity index (χ3n) is 3.44. The molecule has 4 nitrogen and oxygen atoms in total. The van der Waals surface area contributed by atoms with Crippen molar-refractivity contribution >= 4 is 22.4 Å². The van der Waals surface area contributed by atoms with E-state index in [2.05, 4.69) is 0 Å². The predicted octanol–water partition coefficient (Wildman–Crippen LogP) is 1.89. The van der Waals surface area contributed by atoms with E-state index in [9.17, 15) is 12.8 Å². The molecule has 2 N–H and O–H groups in total. The van der Waals surface area contributed by atoms with Crippen molar-refractivity contribution in [3.63, 3.8) is 0 Å². The van der Waals surface area contributed by atoms with E-state index in [1.54, 1.807) is 6.07 Å². The average molecular weight is 323 g/mol. The second-order valence-electron chi connectivity index (χ2n) is 4.88. The largest absolute Gasteiger partial charge is 0.329 e. The van der Waals surface area contributed by atoms with Crippen molar-refractivity contribution in [1.29, 1.82) is 0 Å². The summed E-state index contributed by atoms with van der Waals surface area (Å²) in [5, 5.41) is 0. The minimum absolute atomic E-state index is 0. The second-order valence-corrected chi connectivity index (χ2v) is 6.80. The maximum Gasteiger partial charge on any atom is 0.218 e. The van der Waals surface area contributed by atoms with Gasteiger partial charge < -0.3 is 5.73 Å². The molecule has 2 rings (SSSR count). The van der Waals surface area contributed by atoms with Gasteiger partial charge in [-0.3, -0.25) is 0 Å². The van der Waals surface area contributed by atoms with Crippen molar-refractivity contribution in [3.05, 3.63) is 35.6 Å². The van der Waals surface area contributed by atoms with E-state index in [1.807, 2.05) is 0 Å². The van der Waals surface area contributed by atoms with E-state index < -0.39 is 15.8 Å². The van der Waals surface area contributed by atoms with Crippen LogP contribution < -0.4 is 5.73 Å². The summed E-state index contributed by atoms with van der Waals surface area (Å²) in [5.41, 5.74) is 6.12. The third-order valence-corrected chi connectivity index (χ3v) is 5.33. The SMILES string of the molecule is Cl.NCC1CCCCN1S(=O)(=O)Cc1cccc(F)c1. The van der Waals surface area contributed by atoms with E-state index in [0.717, 1.165) is 19.3 Å². The lowest BCUT2D eigenvalue weighted by Gasteiger charge is -2.33. The highest BCUT2D eigenvalue weighted by atomic mass is 35.5. The van der Waals surface area contributed by atoms with Gasteiger partial charge in [0, 0.05) is 19.1 Å². The first-order valence-corrected chi connectivity index (χ1v) is 8.08. The van der Waals surface area contributed by atoms with Crippen LogP contribution in [0.5, 0.6) is 0 Å². The van der Waals surface area contributed by atoms with Crippen LogP contribution in [0.4, 0.5) is 4.39 Å². The fraction of sp³-hybridized carbons (Fsp3) is 0.538. The summed E-state index contributed by atoms with van der Waals surface area (Å²) < 4.78 is 39.4. The molecule has 1 heterocycles. The fourth-order valence-electron chi connectivity index (χ4n) is 2.50. The number of nitrogens with zero attached hydrogens (tertiary/aromatic N) is 1. The number of hydrogen-bond donors (Lipinski definition) is 1. The number of benzene rings is 1. The fourth-order valence-corrected chi connectivity index (χ4v) is 4.32. The second kappa shape index (κ2) is 7.36. The molecule has 1 fully saturated rings. The summed E-state index contributed by atoms with van der Waals surface area (Å²) >= 11 is 0. The van der Waals surface area contributed by atoms with E-state index in [0.29, 0.717) is 18.7 Å². The maximum atomic E-state index is 13.1. The van der Waals surface area contributed by atoms with Crippen LogP contribution in [0.15, 0.2) is 24.3 Å². The molecule has 1 aliphatic rings. The first kappa shape index (κ1) is 17.4. The molecule has 0 bridgehead atoms. The van der Waals surface area contributed by atoms with Crippen LogP contribution in [0, 0.1) is 5.82 Å². The molecule has 1 aromatic carbocycles. The molecule has 1 saturated heterocycles. The Morgan fingerprint density at radius 2 is 2.10 bits per heavy atom. The first-order chi connectivity index (χ1) is 9.03. The molecule has 7 heteroatoms. The minimum atomic E-state index is -3.43. The van der Waals surface area contributed by atoms with Crippen LogP contribution in [-0.4, -0.2) is 31.9 Å². The topological polar surface area (TPSA) is 63.4 Å². The van der Waals surface area contributed by atoms with Gasteiger partial charge in [-0.2, -0.15) is 4.31 Å². The Labute approximate surface area is 125 Å². The number of nitrogens with two attached hydrogens (primary N) is 1. The van der Waals surface area contributed by atoms with E-state index in [-0.39, 0.29) is 24.2 Å². The van der Waals surface area contributed by atoms with Gasteiger partial charge in [0.25, 0.3) is 0 Å². The van der Waals surface area contributed by atoms with Gasteiger partial charge in [-0.15, -0.1) is 12.4 Å². The summed E-state index contributed by atoms with van der Waals surface area (Å²) in [5.74, 6) is -0.580. The number of hydrogen-bond acceptors (Lipinski definition) is 3. The van der Waals surface area contributed by atoms with Crippen molar-refractivity contribution in [3.8, 4) is 0 Å². The van der Waals surface area contributed by atoms with Crippen molar-refractivity contribution in [2.24, 2.45) is 5.73 Å². The standard InChI is InChI=1S/C13H19FN2O2S.ClH/c14-12-5-3-4-11(8-12)10-19(17,18)16-7-2-1-6-13(16)9-15;/h3-5,8,13H,1-2,6-7,9-10,15H2;1H. The van der Waals surface area contributed by atoms with Crippen molar-refractivity contribution in [1.82, 2.24) is 4.31 Å². The molecule has 0 aliphatic carbocycles. The quantitative estimate of drug-likeness (QED) is 0.920. The Balaban J connectivity index is 0.00000200. The summed E-state index contributed by atoms with van der Waals surface area (Å²) in [4.78, 5) is 0. The number of halogens is 2. The zero-order valence-electron chi connectivity index (χ0n) is 11.2. The van der Waals surface area contributed by atoms with E-state index in [1.165, 1.54) is 22.5 Å². The first-order valence-electron chi connectivity index (χ1n) is 6.47. The average Bonchev–Trinajstić information content (AvgIpc) is 2.38. The molecule has 0 amide bonds. The Hall–Kier alpha value is -0.690. The van der Waals surface area contributed by atoms with E-state index >= 15 is 0 Å². The highest BCUT2D eigenvalue weighted by Crippen LogP contribution is 2.22. The van der Waals surface area contributed by atoms with Crippen LogP contribution >= 0.6 is 12.4 Å². The van der Waals surface area contributed by atoms with Gasteiger partial charge in [-0.1, -0.05) is 18.6 Å². The highest BCUT2D eigenvalue weighted by Gasteiger charge is 2.31. The van der Waals surface area contributed by atoms with Gasteiger partial charge in [0.1, 0.15) is 5.82 Å². The highest BCUT2D eigenvalue weighted by molar-refractivity contribution is 7.88. The number of rotatable bonds is 4. The van der Waals surface area contributed by atoms with Gasteiger partial charge in [0.2, 0.25) is 10.0 Å². The van der Waals surface area contributed by atoms with E-state index in [4.69, 9.17) is 5.73 Å². The summed E-state index contributed by atoms with van der Waals surface area (Å²) in [7, 11) is -3.43. The van der Waals surface area contributed by atoms with Gasteiger partial charge in [-0.25, -0.2) is 12.8 Å². The monoisotopic (exact) mass is 322 g/mol. The third kappa shape index (κ3) is 4.15. The molecule has 1 atom stereocenters. The van der Waals surface area contributed by atoms with Crippen LogP contribution in [-0.2, 0) is 15.8 Å². The van der Waals surface area contributed by atoms with Gasteiger partial charge in [-0.05, 0) is 30.5 Å². The lowest BCUT2D eigenvalue weighted by molar-refractivity contribution is 0.257. The zero-order valence-corrected chi connectivity index (χ0v) is 12.8. The van der Waals surface area contributed by atoms with Crippen molar-refractivity contribution in [2.45, 2.75) is 31.1 Å². The molecular weight excluding hydrogens is 303 g/mol. The molecule has 0 saturated carbocycles. The lowest BCUT2D eigenvalue weighted by atomic mass is 10.1. The molecule has 114 valence electrons.